The summed E-state index contributed by atoms with van der Waals surface area (Å²) in [5.41, 5.74) is 1.54. The lowest BCUT2D eigenvalue weighted by Gasteiger charge is -2.10. The van der Waals surface area contributed by atoms with Gasteiger partial charge in [0.05, 0.1) is 12.3 Å². The molecule has 0 bridgehead atoms. The van der Waals surface area contributed by atoms with Gasteiger partial charge in [0, 0.05) is 12.5 Å². The van der Waals surface area contributed by atoms with Crippen molar-refractivity contribution in [1.29, 1.82) is 0 Å². The van der Waals surface area contributed by atoms with Gasteiger partial charge in [0.2, 0.25) is 0 Å². The van der Waals surface area contributed by atoms with Gasteiger partial charge in [0.1, 0.15) is 5.75 Å². The van der Waals surface area contributed by atoms with E-state index in [1.54, 1.807) is 0 Å². The monoisotopic (exact) mass is 237 g/mol. The number of aliphatic hydroxyl groups excluding tert-OH is 1. The Morgan fingerprint density at radius 1 is 1.35 bits per heavy atom. The first kappa shape index (κ1) is 13.5. The van der Waals surface area contributed by atoms with Crippen molar-refractivity contribution in [2.75, 3.05) is 13.2 Å². The quantitative estimate of drug-likeness (QED) is 0.453. The minimum Gasteiger partial charge on any atom is -0.493 e. The number of hydrogen-bond acceptors (Lipinski definition) is 4. The Labute approximate surface area is 102 Å². The number of rotatable bonds is 6. The van der Waals surface area contributed by atoms with Crippen molar-refractivity contribution in [2.45, 2.75) is 20.3 Å². The van der Waals surface area contributed by atoms with E-state index in [9.17, 15) is 0 Å². The third-order valence-electron chi connectivity index (χ3n) is 2.49. The minimum absolute atomic E-state index is 0.120. The Bertz CT molecular complexity index is 359. The van der Waals surface area contributed by atoms with Crippen LogP contribution in [0.4, 0.5) is 0 Å². The van der Waals surface area contributed by atoms with Crippen LogP contribution in [0.3, 0.4) is 0 Å². The average Bonchev–Trinajstić information content (AvgIpc) is 2.38. The molecule has 1 aromatic rings. The van der Waals surface area contributed by atoms with Crippen molar-refractivity contribution in [1.82, 2.24) is 0 Å². The van der Waals surface area contributed by atoms with E-state index >= 15 is 0 Å². The van der Waals surface area contributed by atoms with Gasteiger partial charge in [-0.05, 0) is 36.2 Å². The predicted octanol–water partition coefficient (Wildman–Crippen LogP) is 2.28. The normalized spacial score (nSPS) is 13.5. The molecule has 4 heteroatoms. The lowest BCUT2D eigenvalue weighted by Crippen LogP contribution is -2.12. The molecule has 1 unspecified atom stereocenters. The molecule has 0 aliphatic heterocycles. The van der Waals surface area contributed by atoms with Crippen molar-refractivity contribution in [3.05, 3.63) is 29.8 Å². The number of nitrogens with zero attached hydrogens (tertiary/aromatic N) is 1. The van der Waals surface area contributed by atoms with E-state index in [1.165, 1.54) is 0 Å². The zero-order valence-electron chi connectivity index (χ0n) is 10.3. The highest BCUT2D eigenvalue weighted by Crippen LogP contribution is 2.14. The Balaban J connectivity index is 2.62. The first-order valence-corrected chi connectivity index (χ1v) is 5.76. The average molecular weight is 237 g/mol. The Morgan fingerprint density at radius 2 is 2.00 bits per heavy atom. The number of oxime groups is 1. The Kier molecular flexibility index (Phi) is 5.49. The van der Waals surface area contributed by atoms with Gasteiger partial charge in [-0.3, -0.25) is 0 Å². The fraction of sp³-hybridized carbons (Fsp3) is 0.462. The van der Waals surface area contributed by atoms with Crippen LogP contribution in [0.5, 0.6) is 5.75 Å². The zero-order valence-corrected chi connectivity index (χ0v) is 10.3. The maximum Gasteiger partial charge on any atom is 0.119 e. The van der Waals surface area contributed by atoms with Crippen molar-refractivity contribution in [3.63, 3.8) is 0 Å². The molecule has 0 spiro atoms. The van der Waals surface area contributed by atoms with Gasteiger partial charge in [-0.15, -0.1) is 0 Å². The molecule has 1 atom stereocenters. The van der Waals surface area contributed by atoms with Gasteiger partial charge in [-0.25, -0.2) is 0 Å². The largest absolute Gasteiger partial charge is 0.493 e. The second-order valence-corrected chi connectivity index (χ2v) is 4.02. The fourth-order valence-corrected chi connectivity index (χ4v) is 1.37. The molecule has 94 valence electrons. The molecule has 1 rings (SSSR count). The van der Waals surface area contributed by atoms with Crippen LogP contribution in [0.25, 0.3) is 0 Å². The molecule has 0 heterocycles. The van der Waals surface area contributed by atoms with E-state index in [4.69, 9.17) is 15.1 Å². The maximum absolute atomic E-state index is 8.87. The molecule has 0 saturated carbocycles. The van der Waals surface area contributed by atoms with Crippen molar-refractivity contribution in [3.8, 4) is 5.75 Å². The van der Waals surface area contributed by atoms with E-state index < -0.39 is 0 Å². The summed E-state index contributed by atoms with van der Waals surface area (Å²) in [5.74, 6) is 0.877. The summed E-state index contributed by atoms with van der Waals surface area (Å²) in [6.07, 6.45) is 0.679. The fourth-order valence-electron chi connectivity index (χ4n) is 1.37. The SMILES string of the molecule is CC/C(=N/O)c1ccc(OCC(C)CO)cc1. The summed E-state index contributed by atoms with van der Waals surface area (Å²) >= 11 is 0. The third-order valence-corrected chi connectivity index (χ3v) is 2.49. The van der Waals surface area contributed by atoms with E-state index in [0.717, 1.165) is 11.3 Å². The number of hydrogen-bond donors (Lipinski definition) is 2. The number of ether oxygens (including phenoxy) is 1. The summed E-state index contributed by atoms with van der Waals surface area (Å²) in [7, 11) is 0. The molecular formula is C13H19NO3. The highest BCUT2D eigenvalue weighted by molar-refractivity contribution is 6.00. The topological polar surface area (TPSA) is 62.1 Å². The van der Waals surface area contributed by atoms with Crippen molar-refractivity contribution >= 4 is 5.71 Å². The molecule has 17 heavy (non-hydrogen) atoms. The van der Waals surface area contributed by atoms with Gasteiger partial charge in [0.25, 0.3) is 0 Å². The van der Waals surface area contributed by atoms with E-state index in [0.29, 0.717) is 18.7 Å². The van der Waals surface area contributed by atoms with Crippen LogP contribution in [0.1, 0.15) is 25.8 Å². The van der Waals surface area contributed by atoms with Gasteiger partial charge in [0.15, 0.2) is 0 Å². The van der Waals surface area contributed by atoms with E-state index in [2.05, 4.69) is 5.16 Å². The molecule has 2 N–H and O–H groups in total. The predicted molar refractivity (Wildman–Crippen MR) is 66.8 cm³/mol. The van der Waals surface area contributed by atoms with Crippen molar-refractivity contribution < 1.29 is 15.1 Å². The molecule has 0 fully saturated rings. The Morgan fingerprint density at radius 3 is 2.47 bits per heavy atom. The lowest BCUT2D eigenvalue weighted by atomic mass is 10.1. The molecule has 1 aromatic carbocycles. The molecule has 0 aliphatic carbocycles. The third kappa shape index (κ3) is 4.07. The molecule has 0 aromatic heterocycles. The first-order chi connectivity index (χ1) is 8.21. The van der Waals surface area contributed by atoms with Crippen LogP contribution in [0.15, 0.2) is 29.4 Å². The number of benzene rings is 1. The van der Waals surface area contributed by atoms with Gasteiger partial charge in [-0.1, -0.05) is 19.0 Å². The first-order valence-electron chi connectivity index (χ1n) is 5.76. The van der Waals surface area contributed by atoms with Gasteiger partial charge in [-0.2, -0.15) is 0 Å². The second kappa shape index (κ2) is 6.91. The molecular weight excluding hydrogens is 218 g/mol. The highest BCUT2D eigenvalue weighted by Gasteiger charge is 2.04. The van der Waals surface area contributed by atoms with Crippen LogP contribution in [-0.2, 0) is 0 Å². The van der Waals surface area contributed by atoms with Crippen LogP contribution in [0.2, 0.25) is 0 Å². The molecule has 0 aliphatic rings. The Hall–Kier alpha value is -1.55. The summed E-state index contributed by atoms with van der Waals surface area (Å²) in [6, 6.07) is 7.38. The summed E-state index contributed by atoms with van der Waals surface area (Å²) < 4.78 is 5.50. The number of aliphatic hydroxyl groups is 1. The van der Waals surface area contributed by atoms with E-state index in [-0.39, 0.29) is 12.5 Å². The molecule has 0 radical (unpaired) electrons. The molecule has 0 saturated heterocycles. The summed E-state index contributed by atoms with van der Waals surface area (Å²) in [6.45, 7) is 4.46. The van der Waals surface area contributed by atoms with E-state index in [1.807, 2.05) is 38.1 Å². The van der Waals surface area contributed by atoms with Gasteiger partial charge < -0.3 is 15.1 Å². The molecule has 0 amide bonds. The van der Waals surface area contributed by atoms with Gasteiger partial charge >= 0.3 is 0 Å². The van der Waals surface area contributed by atoms with Crippen LogP contribution in [-0.4, -0.2) is 29.2 Å². The second-order valence-electron chi connectivity index (χ2n) is 4.02. The van der Waals surface area contributed by atoms with Crippen LogP contribution in [0, 0.1) is 5.92 Å². The maximum atomic E-state index is 8.87. The minimum atomic E-state index is 0.120. The van der Waals surface area contributed by atoms with Crippen molar-refractivity contribution in [2.24, 2.45) is 11.1 Å². The smallest absolute Gasteiger partial charge is 0.119 e. The highest BCUT2D eigenvalue weighted by atomic mass is 16.5. The van der Waals surface area contributed by atoms with Crippen LogP contribution < -0.4 is 4.74 Å². The standard InChI is InChI=1S/C13H19NO3/c1-3-13(14-16)11-4-6-12(7-5-11)17-9-10(2)8-15/h4-7,10,15-16H,3,8-9H2,1-2H3/b14-13-. The molecule has 4 nitrogen and oxygen atoms in total. The summed E-state index contributed by atoms with van der Waals surface area (Å²) in [5, 5.41) is 20.9. The summed E-state index contributed by atoms with van der Waals surface area (Å²) in [4.78, 5) is 0. The lowest BCUT2D eigenvalue weighted by molar-refractivity contribution is 0.174. The zero-order chi connectivity index (χ0) is 12.7. The van der Waals surface area contributed by atoms with Crippen LogP contribution >= 0.6 is 0 Å².